The Morgan fingerprint density at radius 3 is 2.75 bits per heavy atom. The van der Waals surface area contributed by atoms with E-state index in [4.69, 9.17) is 0 Å². The molecule has 1 aliphatic rings. The molecule has 0 N–H and O–H groups in total. The fourth-order valence-electron chi connectivity index (χ4n) is 2.59. The third-order valence-corrected chi connectivity index (χ3v) is 3.84. The first-order valence-electron chi connectivity index (χ1n) is 7.09. The number of hydrogen-bond acceptors (Lipinski definition) is 2. The number of nitrogens with zero attached hydrogens (tertiary/aromatic N) is 2. The molecule has 3 heteroatoms. The number of rotatable bonds is 3. The zero-order chi connectivity index (χ0) is 13.9. The zero-order valence-electron chi connectivity index (χ0n) is 11.6. The van der Waals surface area contributed by atoms with Gasteiger partial charge in [-0.3, -0.25) is 4.79 Å². The third-order valence-electron chi connectivity index (χ3n) is 3.84. The van der Waals surface area contributed by atoms with Gasteiger partial charge in [0.1, 0.15) is 5.69 Å². The number of ketones is 1. The smallest absolute Gasteiger partial charge is 0.207 e. The molecule has 1 heterocycles. The van der Waals surface area contributed by atoms with Gasteiger partial charge >= 0.3 is 0 Å². The predicted molar refractivity (Wildman–Crippen MR) is 79.0 cm³/mol. The van der Waals surface area contributed by atoms with Crippen LogP contribution in [0.3, 0.4) is 0 Å². The molecule has 1 atom stereocenters. The van der Waals surface area contributed by atoms with E-state index in [1.165, 1.54) is 0 Å². The maximum absolute atomic E-state index is 12.6. The van der Waals surface area contributed by atoms with E-state index in [-0.39, 0.29) is 5.78 Å². The van der Waals surface area contributed by atoms with Crippen molar-refractivity contribution in [2.75, 3.05) is 0 Å². The molecule has 3 rings (SSSR count). The van der Waals surface area contributed by atoms with Crippen LogP contribution in [0.1, 0.15) is 36.7 Å². The van der Waals surface area contributed by atoms with E-state index in [9.17, 15) is 4.79 Å². The molecule has 20 heavy (non-hydrogen) atoms. The molecule has 1 unspecified atom stereocenters. The molecule has 0 aliphatic heterocycles. The number of carbonyl (C=O) groups excluding carboxylic acids is 1. The maximum Gasteiger partial charge on any atom is 0.207 e. The van der Waals surface area contributed by atoms with E-state index < -0.39 is 0 Å². The van der Waals surface area contributed by atoms with E-state index in [0.717, 1.165) is 30.5 Å². The second-order valence-electron chi connectivity index (χ2n) is 5.40. The highest BCUT2D eigenvalue weighted by atomic mass is 16.1. The monoisotopic (exact) mass is 266 g/mol. The number of Topliss-reactive ketones (excluding diaryl/α,β-unsaturated/α-hetero) is 1. The minimum absolute atomic E-state index is 0.109. The van der Waals surface area contributed by atoms with Crippen LogP contribution in [0.5, 0.6) is 0 Å². The number of benzene rings is 1. The van der Waals surface area contributed by atoms with E-state index >= 15 is 0 Å². The molecule has 1 aliphatic carbocycles. The Morgan fingerprint density at radius 2 is 2.05 bits per heavy atom. The number of para-hydroxylation sites is 1. The summed E-state index contributed by atoms with van der Waals surface area (Å²) in [6, 6.07) is 11.6. The van der Waals surface area contributed by atoms with Crippen molar-refractivity contribution in [3.8, 4) is 5.69 Å². The molecule has 3 nitrogen and oxygen atoms in total. The Hall–Kier alpha value is -2.16. The van der Waals surface area contributed by atoms with Crippen molar-refractivity contribution in [1.82, 2.24) is 9.78 Å². The van der Waals surface area contributed by atoms with Crippen LogP contribution >= 0.6 is 0 Å². The summed E-state index contributed by atoms with van der Waals surface area (Å²) in [5.41, 5.74) is 2.50. The van der Waals surface area contributed by atoms with Crippen molar-refractivity contribution in [2.45, 2.75) is 26.2 Å². The van der Waals surface area contributed by atoms with Gasteiger partial charge in [0.2, 0.25) is 5.78 Å². The lowest BCUT2D eigenvalue weighted by Crippen LogP contribution is -2.14. The summed E-state index contributed by atoms with van der Waals surface area (Å²) in [7, 11) is 0. The van der Waals surface area contributed by atoms with Gasteiger partial charge in [0.05, 0.1) is 11.9 Å². The highest BCUT2D eigenvalue weighted by Gasteiger charge is 2.20. The molecular weight excluding hydrogens is 248 g/mol. The summed E-state index contributed by atoms with van der Waals surface area (Å²) in [6.45, 7) is 2.23. The van der Waals surface area contributed by atoms with Crippen molar-refractivity contribution >= 4 is 5.78 Å². The van der Waals surface area contributed by atoms with Gasteiger partial charge in [0.15, 0.2) is 0 Å². The molecule has 1 aromatic heterocycles. The van der Waals surface area contributed by atoms with E-state index in [0.29, 0.717) is 11.6 Å². The van der Waals surface area contributed by atoms with Crippen LogP contribution in [0.4, 0.5) is 0 Å². The van der Waals surface area contributed by atoms with Gasteiger partial charge < -0.3 is 0 Å². The van der Waals surface area contributed by atoms with Gasteiger partial charge in [-0.25, -0.2) is 4.68 Å². The summed E-state index contributed by atoms with van der Waals surface area (Å²) in [5, 5.41) is 4.29. The van der Waals surface area contributed by atoms with Crippen molar-refractivity contribution in [1.29, 1.82) is 0 Å². The van der Waals surface area contributed by atoms with Gasteiger partial charge in [-0.1, -0.05) is 31.2 Å². The SMILES string of the molecule is CC1CC=C(C(=O)c2ccnn2-c2ccccc2)CC1. The van der Waals surface area contributed by atoms with Crippen LogP contribution in [0.2, 0.25) is 0 Å². The van der Waals surface area contributed by atoms with Gasteiger partial charge in [0.25, 0.3) is 0 Å². The average molecular weight is 266 g/mol. The molecule has 0 bridgehead atoms. The van der Waals surface area contributed by atoms with Crippen molar-refractivity contribution < 1.29 is 4.79 Å². The van der Waals surface area contributed by atoms with E-state index in [2.05, 4.69) is 18.1 Å². The maximum atomic E-state index is 12.6. The molecule has 0 amide bonds. The van der Waals surface area contributed by atoms with E-state index in [1.807, 2.05) is 30.3 Å². The fraction of sp³-hybridized carbons (Fsp3) is 0.294. The lowest BCUT2D eigenvalue weighted by Gasteiger charge is -2.17. The number of allylic oxidation sites excluding steroid dienone is 2. The molecule has 1 aromatic carbocycles. The third kappa shape index (κ3) is 2.44. The molecule has 0 radical (unpaired) electrons. The molecule has 0 spiro atoms. The predicted octanol–water partition coefficient (Wildman–Crippen LogP) is 3.80. The Kier molecular flexibility index (Phi) is 3.50. The van der Waals surface area contributed by atoms with Crippen molar-refractivity contribution in [3.05, 3.63) is 59.9 Å². The minimum Gasteiger partial charge on any atom is -0.287 e. The van der Waals surface area contributed by atoms with Gasteiger partial charge in [0, 0.05) is 0 Å². The van der Waals surface area contributed by atoms with Crippen LogP contribution in [0.15, 0.2) is 54.2 Å². The summed E-state index contributed by atoms with van der Waals surface area (Å²) >= 11 is 0. The standard InChI is InChI=1S/C17H18N2O/c1-13-7-9-14(10-8-13)17(20)16-11-12-18-19(16)15-5-3-2-4-6-15/h2-6,9,11-13H,7-8,10H2,1H3. The summed E-state index contributed by atoms with van der Waals surface area (Å²) in [4.78, 5) is 12.6. The van der Waals surface area contributed by atoms with Crippen LogP contribution in [0, 0.1) is 5.92 Å². The number of hydrogen-bond donors (Lipinski definition) is 0. The second kappa shape index (κ2) is 5.45. The number of aromatic nitrogens is 2. The summed E-state index contributed by atoms with van der Waals surface area (Å²) in [5.74, 6) is 0.795. The highest BCUT2D eigenvalue weighted by Crippen LogP contribution is 2.26. The first-order chi connectivity index (χ1) is 9.75. The topological polar surface area (TPSA) is 34.9 Å². The zero-order valence-corrected chi connectivity index (χ0v) is 11.6. The van der Waals surface area contributed by atoms with Gasteiger partial charge in [-0.05, 0) is 49.0 Å². The molecule has 0 saturated heterocycles. The Morgan fingerprint density at radius 1 is 1.25 bits per heavy atom. The largest absolute Gasteiger partial charge is 0.287 e. The van der Waals surface area contributed by atoms with Crippen LogP contribution in [-0.4, -0.2) is 15.6 Å². The highest BCUT2D eigenvalue weighted by molar-refractivity contribution is 6.07. The van der Waals surface area contributed by atoms with Gasteiger partial charge in [-0.15, -0.1) is 0 Å². The Bertz CT molecular complexity index is 640. The van der Waals surface area contributed by atoms with Crippen LogP contribution in [0.25, 0.3) is 5.69 Å². The van der Waals surface area contributed by atoms with Crippen molar-refractivity contribution in [3.63, 3.8) is 0 Å². The normalized spacial score (nSPS) is 18.6. The van der Waals surface area contributed by atoms with Crippen molar-refractivity contribution in [2.24, 2.45) is 5.92 Å². The first-order valence-corrected chi connectivity index (χ1v) is 7.09. The number of carbonyl (C=O) groups is 1. The van der Waals surface area contributed by atoms with Crippen LogP contribution < -0.4 is 0 Å². The molecule has 0 fully saturated rings. The lowest BCUT2D eigenvalue weighted by molar-refractivity contribution is 0.102. The minimum atomic E-state index is 0.109. The lowest BCUT2D eigenvalue weighted by atomic mass is 9.88. The van der Waals surface area contributed by atoms with E-state index in [1.54, 1.807) is 16.9 Å². The Labute approximate surface area is 118 Å². The van der Waals surface area contributed by atoms with Crippen LogP contribution in [-0.2, 0) is 0 Å². The fourth-order valence-corrected chi connectivity index (χ4v) is 2.59. The molecule has 0 saturated carbocycles. The molecular formula is C17H18N2O. The quantitative estimate of drug-likeness (QED) is 0.792. The summed E-state index contributed by atoms with van der Waals surface area (Å²) in [6.07, 6.45) is 6.75. The van der Waals surface area contributed by atoms with Gasteiger partial charge in [-0.2, -0.15) is 5.10 Å². The summed E-state index contributed by atoms with van der Waals surface area (Å²) < 4.78 is 1.72. The average Bonchev–Trinajstić information content (AvgIpc) is 2.97. The second-order valence-corrected chi connectivity index (χ2v) is 5.40. The first kappa shape index (κ1) is 12.9. The molecule has 2 aromatic rings. The molecule has 102 valence electrons. The Balaban J connectivity index is 1.92.